The molecule has 0 unspecified atom stereocenters. The molecule has 0 bridgehead atoms. The van der Waals surface area contributed by atoms with Gasteiger partial charge >= 0.3 is 0 Å². The zero-order valence-electron chi connectivity index (χ0n) is 20.3. The summed E-state index contributed by atoms with van der Waals surface area (Å²) >= 11 is 12.4. The van der Waals surface area contributed by atoms with Crippen LogP contribution in [0.25, 0.3) is 22.1 Å². The molecule has 2 N–H and O–H groups in total. The van der Waals surface area contributed by atoms with Gasteiger partial charge < -0.3 is 19.6 Å². The first-order valence-electron chi connectivity index (χ1n) is 11.5. The fourth-order valence-corrected chi connectivity index (χ4v) is 4.66. The monoisotopic (exact) mass is 535 g/mol. The summed E-state index contributed by atoms with van der Waals surface area (Å²) in [4.78, 5) is 6.59. The van der Waals surface area contributed by atoms with E-state index >= 15 is 0 Å². The third-order valence-corrected chi connectivity index (χ3v) is 6.74. The van der Waals surface area contributed by atoms with Gasteiger partial charge in [0, 0.05) is 54.3 Å². The number of anilines is 1. The molecule has 8 nitrogen and oxygen atoms in total. The minimum atomic E-state index is -0.716. The summed E-state index contributed by atoms with van der Waals surface area (Å²) in [5.74, 6) is -0.231. The number of ether oxygens (including phenoxy) is 2. The van der Waals surface area contributed by atoms with Crippen LogP contribution in [0.3, 0.4) is 0 Å². The summed E-state index contributed by atoms with van der Waals surface area (Å²) in [6.07, 6.45) is 6.27. The first-order chi connectivity index (χ1) is 17.3. The van der Waals surface area contributed by atoms with Gasteiger partial charge in [0.15, 0.2) is 11.4 Å². The van der Waals surface area contributed by atoms with Crippen LogP contribution in [0.4, 0.5) is 10.2 Å². The Morgan fingerprint density at radius 1 is 1.25 bits per heavy atom. The number of benzene rings is 1. The maximum atomic E-state index is 14.0. The zero-order valence-corrected chi connectivity index (χ0v) is 21.8. The summed E-state index contributed by atoms with van der Waals surface area (Å²) in [5, 5.41) is 5.38. The third kappa shape index (κ3) is 5.44. The number of likely N-dealkylation sites (N-methyl/N-ethyl adjacent to an activating group) is 1. The van der Waals surface area contributed by atoms with Crippen molar-refractivity contribution in [2.75, 3.05) is 39.1 Å². The number of halogens is 3. The number of hydrogen-bond donors (Lipinski definition) is 1. The summed E-state index contributed by atoms with van der Waals surface area (Å²) in [7, 11) is 1.70. The lowest BCUT2D eigenvalue weighted by Gasteiger charge is -2.19. The molecule has 36 heavy (non-hydrogen) atoms. The van der Waals surface area contributed by atoms with Crippen molar-refractivity contribution in [1.82, 2.24) is 19.7 Å². The average Bonchev–Trinajstić information content (AvgIpc) is 3.50. The van der Waals surface area contributed by atoms with Crippen molar-refractivity contribution in [2.45, 2.75) is 26.5 Å². The molecule has 0 aliphatic heterocycles. The number of nitrogen functional groups attached to an aromatic ring is 1. The molecule has 0 radical (unpaired) electrons. The molecule has 11 heteroatoms. The van der Waals surface area contributed by atoms with Crippen LogP contribution in [-0.2, 0) is 11.3 Å². The summed E-state index contributed by atoms with van der Waals surface area (Å²) < 4.78 is 33.0. The van der Waals surface area contributed by atoms with Gasteiger partial charge in [-0.1, -0.05) is 30.1 Å². The normalized spacial score (nSPS) is 12.5. The van der Waals surface area contributed by atoms with Gasteiger partial charge in [0.1, 0.15) is 18.2 Å². The van der Waals surface area contributed by atoms with E-state index in [1.165, 1.54) is 12.1 Å². The smallest absolute Gasteiger partial charge is 0.205 e. The molecule has 3 aromatic heterocycles. The Bertz CT molecular complexity index is 1340. The molecule has 0 saturated heterocycles. The van der Waals surface area contributed by atoms with Crippen molar-refractivity contribution in [3.05, 3.63) is 58.4 Å². The van der Waals surface area contributed by atoms with Gasteiger partial charge in [0.2, 0.25) is 5.75 Å². The molecule has 0 saturated carbocycles. The number of hydrogen-bond acceptors (Lipinski definition) is 7. The Morgan fingerprint density at radius 2 is 2.06 bits per heavy atom. The molecule has 0 aliphatic carbocycles. The quantitative estimate of drug-likeness (QED) is 0.241. The van der Waals surface area contributed by atoms with E-state index in [0.29, 0.717) is 23.1 Å². The van der Waals surface area contributed by atoms with Crippen molar-refractivity contribution < 1.29 is 18.3 Å². The second-order valence-corrected chi connectivity index (χ2v) is 9.09. The second kappa shape index (κ2) is 11.5. The lowest BCUT2D eigenvalue weighted by molar-refractivity contribution is 0.148. The Morgan fingerprint density at radius 3 is 2.81 bits per heavy atom. The van der Waals surface area contributed by atoms with Crippen molar-refractivity contribution in [3.63, 3.8) is 0 Å². The van der Waals surface area contributed by atoms with Gasteiger partial charge in [0.05, 0.1) is 29.8 Å². The van der Waals surface area contributed by atoms with Gasteiger partial charge in [-0.25, -0.2) is 9.37 Å². The van der Waals surface area contributed by atoms with Crippen LogP contribution in [0.2, 0.25) is 10.0 Å². The summed E-state index contributed by atoms with van der Waals surface area (Å²) in [5.41, 5.74) is 8.52. The van der Waals surface area contributed by atoms with Crippen LogP contribution < -0.4 is 10.5 Å². The average molecular weight is 536 g/mol. The van der Waals surface area contributed by atoms with Crippen LogP contribution in [0.5, 0.6) is 5.75 Å². The highest BCUT2D eigenvalue weighted by Crippen LogP contribution is 2.41. The van der Waals surface area contributed by atoms with Crippen LogP contribution in [0, 0.1) is 5.82 Å². The van der Waals surface area contributed by atoms with E-state index in [4.69, 9.17) is 42.8 Å². The molecule has 0 spiro atoms. The van der Waals surface area contributed by atoms with Crippen LogP contribution in [-0.4, -0.2) is 53.0 Å². The second-order valence-electron chi connectivity index (χ2n) is 8.30. The van der Waals surface area contributed by atoms with Crippen molar-refractivity contribution in [1.29, 1.82) is 0 Å². The molecule has 0 aliphatic rings. The molecule has 0 fully saturated rings. The topological polar surface area (TPSA) is 91.6 Å². The molecule has 0 amide bonds. The number of furan rings is 1. The number of aromatic nitrogens is 3. The lowest BCUT2D eigenvalue weighted by atomic mass is 10.1. The van der Waals surface area contributed by atoms with E-state index in [1.54, 1.807) is 32.7 Å². The summed E-state index contributed by atoms with van der Waals surface area (Å²) in [6.45, 7) is 7.90. The predicted molar refractivity (Wildman–Crippen MR) is 139 cm³/mol. The van der Waals surface area contributed by atoms with E-state index in [1.807, 2.05) is 10.9 Å². The minimum absolute atomic E-state index is 0.106. The van der Waals surface area contributed by atoms with Gasteiger partial charge in [-0.05, 0) is 25.6 Å². The third-order valence-electron chi connectivity index (χ3n) is 6.03. The highest BCUT2D eigenvalue weighted by Gasteiger charge is 2.23. The van der Waals surface area contributed by atoms with Gasteiger partial charge in [-0.2, -0.15) is 5.10 Å². The largest absolute Gasteiger partial charge is 0.478 e. The van der Waals surface area contributed by atoms with Gasteiger partial charge in [-0.3, -0.25) is 9.58 Å². The Kier molecular flexibility index (Phi) is 8.35. The molecular weight excluding hydrogens is 508 g/mol. The minimum Gasteiger partial charge on any atom is -0.478 e. The Balaban J connectivity index is 1.58. The molecule has 192 valence electrons. The van der Waals surface area contributed by atoms with E-state index in [9.17, 15) is 4.39 Å². The highest BCUT2D eigenvalue weighted by molar-refractivity contribution is 6.36. The Labute approximate surface area is 218 Å². The molecule has 4 aromatic rings. The number of rotatable bonds is 11. The molecule has 1 aromatic carbocycles. The first kappa shape index (κ1) is 26.2. The fourth-order valence-electron chi connectivity index (χ4n) is 3.99. The fraction of sp³-hybridized carbons (Fsp3) is 0.360. The lowest BCUT2D eigenvalue weighted by Crippen LogP contribution is -2.30. The van der Waals surface area contributed by atoms with Crippen LogP contribution in [0.1, 0.15) is 25.5 Å². The zero-order chi connectivity index (χ0) is 25.8. The molecule has 4 rings (SSSR count). The maximum absolute atomic E-state index is 14.0. The van der Waals surface area contributed by atoms with Gasteiger partial charge in [0.25, 0.3) is 0 Å². The van der Waals surface area contributed by atoms with E-state index in [2.05, 4.69) is 21.9 Å². The van der Waals surface area contributed by atoms with Crippen molar-refractivity contribution >= 4 is 40.0 Å². The number of nitrogens with zero attached hydrogens (tertiary/aromatic N) is 4. The van der Waals surface area contributed by atoms with Crippen molar-refractivity contribution in [2.24, 2.45) is 0 Å². The first-order valence-corrected chi connectivity index (χ1v) is 12.3. The van der Waals surface area contributed by atoms with Crippen LogP contribution >= 0.6 is 23.2 Å². The Hall–Kier alpha value is -2.85. The standard InChI is InChI=1S/C25H28Cl2FN5O3/c1-4-32(9-10-34-3)7-8-33-13-16(11-31-33)18-14-35-23-17(18)12-30-25(29)24(23)36-15(2)21-19(26)5-6-20(28)22(21)27/h5-6,11-15H,4,7-10H2,1-3H3,(H2,29,30)/t15-/m1/s1. The van der Waals surface area contributed by atoms with E-state index in [-0.39, 0.29) is 21.6 Å². The number of methoxy groups -OCH3 is 1. The molecular formula is C25H28Cl2FN5O3. The van der Waals surface area contributed by atoms with Gasteiger partial charge in [-0.15, -0.1) is 0 Å². The predicted octanol–water partition coefficient (Wildman–Crippen LogP) is 5.83. The van der Waals surface area contributed by atoms with E-state index in [0.717, 1.165) is 37.3 Å². The number of nitrogens with two attached hydrogens (primary N) is 1. The van der Waals surface area contributed by atoms with Crippen molar-refractivity contribution in [3.8, 4) is 16.9 Å². The highest BCUT2D eigenvalue weighted by atomic mass is 35.5. The molecule has 1 atom stereocenters. The maximum Gasteiger partial charge on any atom is 0.205 e. The SMILES string of the molecule is CCN(CCOC)CCn1cc(-c2coc3c(O[C@H](C)c4c(Cl)ccc(F)c4Cl)c(N)ncc23)cn1. The number of pyridine rings is 1. The van der Waals surface area contributed by atoms with E-state index < -0.39 is 11.9 Å². The molecule has 3 heterocycles. The number of fused-ring (bicyclic) bond motifs is 1. The van der Waals surface area contributed by atoms with Crippen LogP contribution in [0.15, 0.2) is 41.4 Å². The summed E-state index contributed by atoms with van der Waals surface area (Å²) in [6, 6.07) is 2.63.